The lowest BCUT2D eigenvalue weighted by Gasteiger charge is -2.28. The van der Waals surface area contributed by atoms with E-state index in [2.05, 4.69) is 32.3 Å². The number of aromatic amines is 1. The van der Waals surface area contributed by atoms with Gasteiger partial charge in [-0.05, 0) is 68.7 Å². The summed E-state index contributed by atoms with van der Waals surface area (Å²) in [6.07, 6.45) is 3.84. The number of amides is 1. The van der Waals surface area contributed by atoms with E-state index >= 15 is 0 Å². The molecule has 1 amide bonds. The van der Waals surface area contributed by atoms with E-state index in [0.717, 1.165) is 35.6 Å². The van der Waals surface area contributed by atoms with E-state index in [1.54, 1.807) is 6.07 Å². The van der Waals surface area contributed by atoms with Crippen LogP contribution in [0.5, 0.6) is 0 Å². The second-order valence-electron chi connectivity index (χ2n) is 6.60. The molecule has 0 aliphatic carbocycles. The first-order valence-corrected chi connectivity index (χ1v) is 8.82. The molecular formula is C20H22N4O. The summed E-state index contributed by atoms with van der Waals surface area (Å²) in [5.41, 5.74) is 4.42. The molecule has 1 aliphatic rings. The Morgan fingerprint density at radius 3 is 2.60 bits per heavy atom. The molecular weight excluding hydrogens is 312 g/mol. The zero-order valence-corrected chi connectivity index (χ0v) is 14.4. The van der Waals surface area contributed by atoms with Gasteiger partial charge in [0, 0.05) is 30.0 Å². The van der Waals surface area contributed by atoms with E-state index in [1.165, 1.54) is 24.9 Å². The van der Waals surface area contributed by atoms with Crippen molar-refractivity contribution in [2.24, 2.45) is 0 Å². The Labute approximate surface area is 147 Å². The monoisotopic (exact) mass is 334 g/mol. The molecule has 4 rings (SSSR count). The van der Waals surface area contributed by atoms with Gasteiger partial charge in [-0.15, -0.1) is 0 Å². The lowest BCUT2D eigenvalue weighted by molar-refractivity contribution is 0.102. The van der Waals surface area contributed by atoms with Crippen molar-refractivity contribution in [3.8, 4) is 0 Å². The molecule has 0 saturated carbocycles. The number of rotatable bonds is 3. The molecule has 2 aromatic carbocycles. The molecule has 1 saturated heterocycles. The average molecular weight is 334 g/mol. The third kappa shape index (κ3) is 3.36. The normalized spacial score (nSPS) is 14.7. The number of carbonyl (C=O) groups excluding carboxylic acids is 1. The Hall–Kier alpha value is -2.82. The topological polar surface area (TPSA) is 61.0 Å². The smallest absolute Gasteiger partial charge is 0.255 e. The number of anilines is 2. The Morgan fingerprint density at radius 2 is 1.84 bits per heavy atom. The third-order valence-corrected chi connectivity index (χ3v) is 4.71. The van der Waals surface area contributed by atoms with Crippen molar-refractivity contribution in [2.75, 3.05) is 23.3 Å². The van der Waals surface area contributed by atoms with Crippen LogP contribution in [0.15, 0.2) is 42.5 Å². The van der Waals surface area contributed by atoms with Crippen molar-refractivity contribution in [2.45, 2.75) is 26.2 Å². The molecule has 2 heterocycles. The van der Waals surface area contributed by atoms with Gasteiger partial charge in [0.1, 0.15) is 5.82 Å². The lowest BCUT2D eigenvalue weighted by atomic mass is 10.1. The van der Waals surface area contributed by atoms with E-state index in [1.807, 2.05) is 31.2 Å². The van der Waals surface area contributed by atoms with Gasteiger partial charge in [-0.25, -0.2) is 4.98 Å². The summed E-state index contributed by atoms with van der Waals surface area (Å²) < 4.78 is 0. The average Bonchev–Trinajstić information content (AvgIpc) is 3.02. The molecule has 3 aromatic rings. The first-order valence-electron chi connectivity index (χ1n) is 8.82. The molecule has 128 valence electrons. The summed E-state index contributed by atoms with van der Waals surface area (Å²) in [5, 5.41) is 2.97. The fraction of sp³-hybridized carbons (Fsp3) is 0.300. The van der Waals surface area contributed by atoms with Gasteiger partial charge < -0.3 is 15.2 Å². The molecule has 5 heteroatoms. The minimum atomic E-state index is -0.111. The highest BCUT2D eigenvalue weighted by molar-refractivity contribution is 6.06. The molecule has 1 aliphatic heterocycles. The van der Waals surface area contributed by atoms with Gasteiger partial charge >= 0.3 is 0 Å². The second kappa shape index (κ2) is 6.59. The summed E-state index contributed by atoms with van der Waals surface area (Å²) in [6.45, 7) is 4.15. The molecule has 2 N–H and O–H groups in total. The quantitative estimate of drug-likeness (QED) is 0.757. The maximum absolute atomic E-state index is 12.5. The number of carbonyl (C=O) groups is 1. The number of hydrogen-bond acceptors (Lipinski definition) is 3. The molecule has 0 spiro atoms. The number of aromatic nitrogens is 2. The van der Waals surface area contributed by atoms with Gasteiger partial charge in [-0.2, -0.15) is 0 Å². The van der Waals surface area contributed by atoms with Crippen LogP contribution in [-0.2, 0) is 0 Å². The highest BCUT2D eigenvalue weighted by atomic mass is 16.1. The Morgan fingerprint density at radius 1 is 1.08 bits per heavy atom. The number of piperidine rings is 1. The fourth-order valence-corrected chi connectivity index (χ4v) is 3.39. The van der Waals surface area contributed by atoms with E-state index in [9.17, 15) is 4.79 Å². The van der Waals surface area contributed by atoms with Gasteiger partial charge in [0.25, 0.3) is 5.91 Å². The van der Waals surface area contributed by atoms with E-state index in [0.29, 0.717) is 5.56 Å². The first-order chi connectivity index (χ1) is 12.2. The van der Waals surface area contributed by atoms with Crippen LogP contribution in [0, 0.1) is 6.92 Å². The Bertz CT molecular complexity index is 892. The van der Waals surface area contributed by atoms with Crippen LogP contribution < -0.4 is 10.2 Å². The summed E-state index contributed by atoms with van der Waals surface area (Å²) in [5.74, 6) is 0.737. The van der Waals surface area contributed by atoms with Crippen molar-refractivity contribution >= 4 is 28.3 Å². The van der Waals surface area contributed by atoms with Crippen molar-refractivity contribution < 1.29 is 4.79 Å². The molecule has 0 atom stereocenters. The highest BCUT2D eigenvalue weighted by Gasteiger charge is 2.12. The number of fused-ring (bicyclic) bond motifs is 1. The van der Waals surface area contributed by atoms with Gasteiger partial charge in [0.2, 0.25) is 0 Å². The molecule has 1 aromatic heterocycles. The minimum Gasteiger partial charge on any atom is -0.372 e. The number of imidazole rings is 1. The highest BCUT2D eigenvalue weighted by Crippen LogP contribution is 2.22. The van der Waals surface area contributed by atoms with Gasteiger partial charge in [-0.1, -0.05) is 0 Å². The van der Waals surface area contributed by atoms with Crippen LogP contribution in [0.4, 0.5) is 11.4 Å². The van der Waals surface area contributed by atoms with Crippen LogP contribution in [0.3, 0.4) is 0 Å². The first kappa shape index (κ1) is 15.7. The molecule has 0 radical (unpaired) electrons. The summed E-state index contributed by atoms with van der Waals surface area (Å²) in [6, 6.07) is 13.6. The van der Waals surface area contributed by atoms with E-state index in [4.69, 9.17) is 0 Å². The number of H-pyrrole nitrogens is 1. The predicted octanol–water partition coefficient (Wildman–Crippen LogP) is 4.11. The standard InChI is InChI=1S/C20H22N4O/c1-14-21-18-10-5-15(13-19(18)22-14)20(25)23-16-6-8-17(9-7-16)24-11-3-2-4-12-24/h5-10,13H,2-4,11-12H2,1H3,(H,21,22)(H,23,25). The largest absolute Gasteiger partial charge is 0.372 e. The van der Waals surface area contributed by atoms with Crippen LogP contribution in [0.1, 0.15) is 35.4 Å². The van der Waals surface area contributed by atoms with Crippen molar-refractivity contribution in [1.82, 2.24) is 9.97 Å². The Balaban J connectivity index is 1.47. The van der Waals surface area contributed by atoms with Crippen molar-refractivity contribution in [3.63, 3.8) is 0 Å². The molecule has 5 nitrogen and oxygen atoms in total. The number of hydrogen-bond donors (Lipinski definition) is 2. The lowest BCUT2D eigenvalue weighted by Crippen LogP contribution is -2.29. The van der Waals surface area contributed by atoms with Gasteiger partial charge in [0.05, 0.1) is 11.0 Å². The Kier molecular flexibility index (Phi) is 4.14. The summed E-state index contributed by atoms with van der Waals surface area (Å²) >= 11 is 0. The second-order valence-corrected chi connectivity index (χ2v) is 6.60. The molecule has 0 bridgehead atoms. The minimum absolute atomic E-state index is 0.111. The van der Waals surface area contributed by atoms with E-state index in [-0.39, 0.29) is 5.91 Å². The zero-order chi connectivity index (χ0) is 17.2. The van der Waals surface area contributed by atoms with Crippen molar-refractivity contribution in [3.05, 3.63) is 53.9 Å². The fourth-order valence-electron chi connectivity index (χ4n) is 3.39. The van der Waals surface area contributed by atoms with Gasteiger partial charge in [0.15, 0.2) is 0 Å². The number of nitrogens with one attached hydrogen (secondary N) is 2. The van der Waals surface area contributed by atoms with Crippen LogP contribution in [-0.4, -0.2) is 29.0 Å². The zero-order valence-electron chi connectivity index (χ0n) is 14.4. The number of aryl methyl sites for hydroxylation is 1. The van der Waals surface area contributed by atoms with E-state index < -0.39 is 0 Å². The van der Waals surface area contributed by atoms with Crippen LogP contribution in [0.2, 0.25) is 0 Å². The summed E-state index contributed by atoms with van der Waals surface area (Å²) in [7, 11) is 0. The van der Waals surface area contributed by atoms with Crippen LogP contribution in [0.25, 0.3) is 11.0 Å². The molecule has 1 fully saturated rings. The number of benzene rings is 2. The SMILES string of the molecule is Cc1nc2ccc(C(=O)Nc3ccc(N4CCCCC4)cc3)cc2[nH]1. The third-order valence-electron chi connectivity index (χ3n) is 4.71. The predicted molar refractivity (Wildman–Crippen MR) is 101 cm³/mol. The number of nitrogens with zero attached hydrogens (tertiary/aromatic N) is 2. The maximum Gasteiger partial charge on any atom is 0.255 e. The van der Waals surface area contributed by atoms with Crippen molar-refractivity contribution in [1.29, 1.82) is 0 Å². The maximum atomic E-state index is 12.5. The molecule has 25 heavy (non-hydrogen) atoms. The van der Waals surface area contributed by atoms with Crippen LogP contribution >= 0.6 is 0 Å². The van der Waals surface area contributed by atoms with Gasteiger partial charge in [-0.3, -0.25) is 4.79 Å². The summed E-state index contributed by atoms with van der Waals surface area (Å²) in [4.78, 5) is 22.4. The molecule has 0 unspecified atom stereocenters.